The molecule has 2 heterocycles. The molecule has 0 radical (unpaired) electrons. The van der Waals surface area contributed by atoms with Crippen LogP contribution in [0.2, 0.25) is 0 Å². The molecule has 2 amide bonds. The second-order valence-electron chi connectivity index (χ2n) is 4.62. The minimum absolute atomic E-state index is 0.164. The van der Waals surface area contributed by atoms with Gasteiger partial charge in [0.25, 0.3) is 0 Å². The molecule has 0 bridgehead atoms. The van der Waals surface area contributed by atoms with E-state index in [0.717, 1.165) is 5.56 Å². The molecule has 1 saturated heterocycles. The number of benzene rings is 1. The Morgan fingerprint density at radius 3 is 2.86 bits per heavy atom. The third-order valence-electron chi connectivity index (χ3n) is 3.03. The van der Waals surface area contributed by atoms with Gasteiger partial charge in [0.1, 0.15) is 5.25 Å². The van der Waals surface area contributed by atoms with E-state index in [0.29, 0.717) is 15.2 Å². The summed E-state index contributed by atoms with van der Waals surface area (Å²) in [5.41, 5.74) is 7.14. The predicted molar refractivity (Wildman–Crippen MR) is 82.3 cm³/mol. The minimum atomic E-state index is -0.467. The topological polar surface area (TPSA) is 89.2 Å². The molecule has 0 spiro atoms. The normalized spacial score (nSPS) is 18.5. The number of aryl methyl sites for hydroxylation is 1. The number of hydrogen-bond acceptors (Lipinski definition) is 7. The summed E-state index contributed by atoms with van der Waals surface area (Å²) >= 11 is 2.45. The number of thioether (sulfide) groups is 1. The molecule has 1 aromatic carbocycles. The molecule has 1 atom stereocenters. The molecule has 1 fully saturated rings. The Bertz CT molecular complexity index is 716. The highest BCUT2D eigenvalue weighted by Crippen LogP contribution is 2.35. The van der Waals surface area contributed by atoms with E-state index in [-0.39, 0.29) is 18.2 Å². The van der Waals surface area contributed by atoms with E-state index in [4.69, 9.17) is 5.73 Å². The van der Waals surface area contributed by atoms with E-state index in [1.807, 2.05) is 25.1 Å². The van der Waals surface area contributed by atoms with E-state index in [1.54, 1.807) is 6.07 Å². The van der Waals surface area contributed by atoms with Crippen LogP contribution in [0.3, 0.4) is 0 Å². The minimum Gasteiger partial charge on any atom is -0.374 e. The van der Waals surface area contributed by atoms with Crippen molar-refractivity contribution in [3.8, 4) is 0 Å². The molecule has 0 saturated carbocycles. The molecule has 6 nitrogen and oxygen atoms in total. The quantitative estimate of drug-likeness (QED) is 0.868. The summed E-state index contributed by atoms with van der Waals surface area (Å²) in [5, 5.41) is 7.47. The van der Waals surface area contributed by atoms with Gasteiger partial charge in [0.15, 0.2) is 4.34 Å². The number of nitrogen functional groups attached to an aromatic ring is 1. The summed E-state index contributed by atoms with van der Waals surface area (Å²) in [6.07, 6.45) is 0.164. The largest absolute Gasteiger partial charge is 0.374 e. The van der Waals surface area contributed by atoms with Crippen LogP contribution in [0.25, 0.3) is 0 Å². The highest BCUT2D eigenvalue weighted by Gasteiger charge is 2.40. The van der Waals surface area contributed by atoms with E-state index >= 15 is 0 Å². The van der Waals surface area contributed by atoms with Gasteiger partial charge in [-0.05, 0) is 24.6 Å². The number of nitrogens with zero attached hydrogens (tertiary/aromatic N) is 3. The lowest BCUT2D eigenvalue weighted by atomic mass is 10.2. The number of carbonyl (C=O) groups excluding carboxylic acids is 2. The zero-order valence-electron chi connectivity index (χ0n) is 11.1. The van der Waals surface area contributed by atoms with E-state index in [9.17, 15) is 9.59 Å². The molecule has 1 aliphatic rings. The zero-order valence-corrected chi connectivity index (χ0v) is 12.8. The summed E-state index contributed by atoms with van der Waals surface area (Å²) in [6, 6.07) is 7.34. The molecule has 1 aromatic heterocycles. The van der Waals surface area contributed by atoms with Gasteiger partial charge in [0.2, 0.25) is 16.9 Å². The molecule has 2 aromatic rings. The summed E-state index contributed by atoms with van der Waals surface area (Å²) in [6.45, 7) is 1.92. The van der Waals surface area contributed by atoms with Gasteiger partial charge in [-0.1, -0.05) is 35.2 Å². The zero-order chi connectivity index (χ0) is 15.0. The molecule has 108 valence electrons. The second kappa shape index (κ2) is 5.45. The van der Waals surface area contributed by atoms with Crippen molar-refractivity contribution < 1.29 is 9.59 Å². The first-order valence-electron chi connectivity index (χ1n) is 6.23. The van der Waals surface area contributed by atoms with Crippen LogP contribution in [0.4, 0.5) is 10.8 Å². The monoisotopic (exact) mass is 320 g/mol. The van der Waals surface area contributed by atoms with Crippen LogP contribution in [-0.2, 0) is 9.59 Å². The third kappa shape index (κ3) is 2.77. The summed E-state index contributed by atoms with van der Waals surface area (Å²) < 4.78 is 0.602. The summed E-state index contributed by atoms with van der Waals surface area (Å²) in [7, 11) is 0. The Morgan fingerprint density at radius 1 is 1.38 bits per heavy atom. The molecule has 1 aliphatic heterocycles. The number of carbonyl (C=O) groups is 2. The molecule has 1 unspecified atom stereocenters. The first kappa shape index (κ1) is 14.0. The smallest absolute Gasteiger partial charge is 0.247 e. The standard InChI is InChI=1S/C13H12N4O2S2/c1-7-3-2-4-8(5-7)17-10(18)6-9(11(17)19)20-13-16-15-12(14)21-13/h2-5,9H,6H2,1H3,(H2,14,15). The van der Waals surface area contributed by atoms with Crippen LogP contribution >= 0.6 is 23.1 Å². The van der Waals surface area contributed by atoms with Crippen molar-refractivity contribution in [2.75, 3.05) is 10.6 Å². The number of anilines is 2. The molecular weight excluding hydrogens is 308 g/mol. The fourth-order valence-corrected chi connectivity index (χ4v) is 4.03. The van der Waals surface area contributed by atoms with Crippen LogP contribution in [0, 0.1) is 6.92 Å². The van der Waals surface area contributed by atoms with Gasteiger partial charge in [-0.25, -0.2) is 4.90 Å². The number of aromatic nitrogens is 2. The number of nitrogens with two attached hydrogens (primary N) is 1. The van der Waals surface area contributed by atoms with Crippen molar-refractivity contribution in [2.24, 2.45) is 0 Å². The van der Waals surface area contributed by atoms with Crippen LogP contribution in [0.1, 0.15) is 12.0 Å². The van der Waals surface area contributed by atoms with Crippen molar-refractivity contribution in [3.63, 3.8) is 0 Å². The van der Waals surface area contributed by atoms with Gasteiger partial charge in [-0.2, -0.15) is 0 Å². The molecule has 8 heteroatoms. The average molecular weight is 320 g/mol. The fraction of sp³-hybridized carbons (Fsp3) is 0.231. The summed E-state index contributed by atoms with van der Waals surface area (Å²) in [4.78, 5) is 25.8. The Labute approximate surface area is 129 Å². The van der Waals surface area contributed by atoms with Crippen molar-refractivity contribution >= 4 is 45.7 Å². The van der Waals surface area contributed by atoms with Crippen LogP contribution in [-0.4, -0.2) is 27.3 Å². The number of hydrogen-bond donors (Lipinski definition) is 1. The molecule has 2 N–H and O–H groups in total. The molecular formula is C13H12N4O2S2. The maximum absolute atomic E-state index is 12.4. The van der Waals surface area contributed by atoms with Gasteiger partial charge in [0.05, 0.1) is 5.69 Å². The lowest BCUT2D eigenvalue weighted by Crippen LogP contribution is -2.31. The second-order valence-corrected chi connectivity index (χ2v) is 7.08. The Hall–Kier alpha value is -1.93. The van der Waals surface area contributed by atoms with E-state index in [1.165, 1.54) is 28.0 Å². The van der Waals surface area contributed by atoms with Crippen LogP contribution in [0.15, 0.2) is 28.6 Å². The highest BCUT2D eigenvalue weighted by molar-refractivity contribution is 8.02. The first-order valence-corrected chi connectivity index (χ1v) is 7.93. The highest BCUT2D eigenvalue weighted by atomic mass is 32.2. The summed E-state index contributed by atoms with van der Waals surface area (Å²) in [5.74, 6) is -0.412. The fourth-order valence-electron chi connectivity index (χ4n) is 2.12. The Morgan fingerprint density at radius 2 is 2.19 bits per heavy atom. The average Bonchev–Trinajstić information content (AvgIpc) is 2.94. The van der Waals surface area contributed by atoms with Gasteiger partial charge >= 0.3 is 0 Å². The maximum atomic E-state index is 12.4. The number of imide groups is 1. The Kier molecular flexibility index (Phi) is 3.64. The van der Waals surface area contributed by atoms with Gasteiger partial charge < -0.3 is 5.73 Å². The SMILES string of the molecule is Cc1cccc(N2C(=O)CC(Sc3nnc(N)s3)C2=O)c1. The number of amides is 2. The van der Waals surface area contributed by atoms with Crippen molar-refractivity contribution in [3.05, 3.63) is 29.8 Å². The lowest BCUT2D eigenvalue weighted by molar-refractivity contribution is -0.121. The van der Waals surface area contributed by atoms with Crippen molar-refractivity contribution in [2.45, 2.75) is 22.9 Å². The number of rotatable bonds is 3. The molecule has 21 heavy (non-hydrogen) atoms. The first-order chi connectivity index (χ1) is 10.0. The van der Waals surface area contributed by atoms with Crippen LogP contribution < -0.4 is 10.6 Å². The van der Waals surface area contributed by atoms with Gasteiger partial charge in [-0.15, -0.1) is 10.2 Å². The van der Waals surface area contributed by atoms with E-state index < -0.39 is 5.25 Å². The maximum Gasteiger partial charge on any atom is 0.247 e. The third-order valence-corrected chi connectivity index (χ3v) is 5.05. The molecule has 0 aliphatic carbocycles. The Balaban J connectivity index is 1.82. The van der Waals surface area contributed by atoms with Crippen molar-refractivity contribution in [1.82, 2.24) is 10.2 Å². The van der Waals surface area contributed by atoms with Crippen molar-refractivity contribution in [1.29, 1.82) is 0 Å². The van der Waals surface area contributed by atoms with Gasteiger partial charge in [-0.3, -0.25) is 9.59 Å². The lowest BCUT2D eigenvalue weighted by Gasteiger charge is -2.15. The van der Waals surface area contributed by atoms with E-state index in [2.05, 4.69) is 10.2 Å². The molecule has 3 rings (SSSR count). The van der Waals surface area contributed by atoms with Gasteiger partial charge in [0, 0.05) is 6.42 Å². The van der Waals surface area contributed by atoms with Crippen LogP contribution in [0.5, 0.6) is 0 Å². The predicted octanol–water partition coefficient (Wildman–Crippen LogP) is 1.85.